The van der Waals surface area contributed by atoms with Gasteiger partial charge in [-0.2, -0.15) is 0 Å². The minimum Gasteiger partial charge on any atom is -0.411 e. The molecule has 0 aliphatic carbocycles. The molecule has 0 unspecified atom stereocenters. The van der Waals surface area contributed by atoms with E-state index in [-0.39, 0.29) is 8.64 Å². The zero-order chi connectivity index (χ0) is 10.6. The first kappa shape index (κ1) is 11.5. The lowest BCUT2D eigenvalue weighted by Crippen LogP contribution is -2.10. The van der Waals surface area contributed by atoms with Crippen LogP contribution in [0.25, 0.3) is 0 Å². The fourth-order valence-corrected chi connectivity index (χ4v) is 1.36. The molecule has 6 heteroatoms. The largest absolute Gasteiger partial charge is 0.411 e. The van der Waals surface area contributed by atoms with Crippen LogP contribution >= 0.6 is 24.4 Å². The second-order valence-corrected chi connectivity index (χ2v) is 4.52. The summed E-state index contributed by atoms with van der Waals surface area (Å²) in [6.45, 7) is 0. The molecule has 0 atom stereocenters. The van der Waals surface area contributed by atoms with Crippen LogP contribution in [0.5, 0.6) is 0 Å². The molecule has 2 N–H and O–H groups in total. The summed E-state index contributed by atoms with van der Waals surface area (Å²) >= 11 is 19.1. The SMILES string of the molecule is S=C([S-])Nc1ccccc1NC(=S)[S-]. The zero-order valence-electron chi connectivity index (χ0n) is 6.94. The second kappa shape index (κ2) is 5.35. The Labute approximate surface area is 104 Å². The summed E-state index contributed by atoms with van der Waals surface area (Å²) in [5.41, 5.74) is 1.56. The van der Waals surface area contributed by atoms with E-state index in [9.17, 15) is 0 Å². The first-order valence-corrected chi connectivity index (χ1v) is 5.28. The highest BCUT2D eigenvalue weighted by atomic mass is 32.1. The third kappa shape index (κ3) is 3.67. The van der Waals surface area contributed by atoms with Crippen LogP contribution in [0.1, 0.15) is 0 Å². The Morgan fingerprint density at radius 2 is 1.29 bits per heavy atom. The highest BCUT2D eigenvalue weighted by Gasteiger charge is 1.97. The van der Waals surface area contributed by atoms with Crippen LogP contribution in [-0.4, -0.2) is 8.64 Å². The van der Waals surface area contributed by atoms with Gasteiger partial charge in [0.15, 0.2) is 0 Å². The van der Waals surface area contributed by atoms with Gasteiger partial charge in [-0.15, -0.1) is 0 Å². The van der Waals surface area contributed by atoms with Crippen LogP contribution in [0.15, 0.2) is 24.3 Å². The molecule has 0 heterocycles. The molecule has 74 valence electrons. The van der Waals surface area contributed by atoms with Gasteiger partial charge in [-0.3, -0.25) is 0 Å². The number of anilines is 2. The smallest absolute Gasteiger partial charge is 0.0610 e. The predicted octanol–water partition coefficient (Wildman–Crippen LogP) is 2.17. The van der Waals surface area contributed by atoms with Crippen molar-refractivity contribution >= 4 is 69.7 Å². The number of thiocarbonyl (C=S) groups is 2. The maximum Gasteiger partial charge on any atom is 0.0610 e. The van der Waals surface area contributed by atoms with Gasteiger partial charge in [0, 0.05) is 0 Å². The van der Waals surface area contributed by atoms with E-state index in [2.05, 4.69) is 10.6 Å². The van der Waals surface area contributed by atoms with E-state index in [4.69, 9.17) is 49.7 Å². The summed E-state index contributed by atoms with van der Waals surface area (Å²) < 4.78 is 0.573. The second-order valence-electron chi connectivity index (χ2n) is 2.37. The summed E-state index contributed by atoms with van der Waals surface area (Å²) in [6.07, 6.45) is 0. The molecule has 1 rings (SSSR count). The third-order valence-electron chi connectivity index (χ3n) is 1.40. The van der Waals surface area contributed by atoms with Gasteiger partial charge in [-0.1, -0.05) is 20.8 Å². The van der Waals surface area contributed by atoms with Gasteiger partial charge in [0.25, 0.3) is 0 Å². The minimum absolute atomic E-state index is 0.287. The van der Waals surface area contributed by atoms with Crippen LogP contribution in [0.2, 0.25) is 0 Å². The molecule has 0 aliphatic rings. The number of rotatable bonds is 2. The summed E-state index contributed by atoms with van der Waals surface area (Å²) in [7, 11) is 0. The van der Waals surface area contributed by atoms with Crippen LogP contribution < -0.4 is 10.6 Å². The van der Waals surface area contributed by atoms with E-state index in [0.29, 0.717) is 0 Å². The predicted molar refractivity (Wildman–Crippen MR) is 73.6 cm³/mol. The van der Waals surface area contributed by atoms with Crippen molar-refractivity contribution in [3.63, 3.8) is 0 Å². The lowest BCUT2D eigenvalue weighted by molar-refractivity contribution is 1.63. The summed E-state index contributed by atoms with van der Waals surface area (Å²) in [5.74, 6) is 0. The van der Waals surface area contributed by atoms with Crippen LogP contribution in [0.3, 0.4) is 0 Å². The van der Waals surface area contributed by atoms with Gasteiger partial charge in [0.05, 0.1) is 11.4 Å². The molecule has 1 aromatic carbocycles. The highest BCUT2D eigenvalue weighted by molar-refractivity contribution is 8.01. The maximum absolute atomic E-state index is 4.77. The third-order valence-corrected chi connectivity index (χ3v) is 1.81. The van der Waals surface area contributed by atoms with E-state index in [1.165, 1.54) is 0 Å². The van der Waals surface area contributed by atoms with Crippen molar-refractivity contribution in [2.75, 3.05) is 10.6 Å². The van der Waals surface area contributed by atoms with Crippen molar-refractivity contribution in [3.05, 3.63) is 24.3 Å². The van der Waals surface area contributed by atoms with Crippen LogP contribution in [0, 0.1) is 0 Å². The molecular formula is C8H6N2S4-2. The number of hydrogen-bond donors (Lipinski definition) is 2. The van der Waals surface area contributed by atoms with Crippen molar-refractivity contribution in [2.45, 2.75) is 0 Å². The zero-order valence-corrected chi connectivity index (χ0v) is 10.2. The molecule has 0 bridgehead atoms. The average Bonchev–Trinajstić information content (AvgIpc) is 2.06. The molecule has 0 amide bonds. The van der Waals surface area contributed by atoms with Gasteiger partial charge in [-0.25, -0.2) is 0 Å². The van der Waals surface area contributed by atoms with E-state index < -0.39 is 0 Å². The summed E-state index contributed by atoms with van der Waals surface area (Å²) in [6, 6.07) is 7.42. The van der Waals surface area contributed by atoms with Crippen molar-refractivity contribution in [3.8, 4) is 0 Å². The van der Waals surface area contributed by atoms with E-state index in [1.807, 2.05) is 24.3 Å². The number of hydrogen-bond acceptors (Lipinski definition) is 4. The molecule has 1 aromatic rings. The van der Waals surface area contributed by atoms with E-state index >= 15 is 0 Å². The Kier molecular flexibility index (Phi) is 4.40. The molecule has 0 spiro atoms. The molecule has 0 aromatic heterocycles. The van der Waals surface area contributed by atoms with Crippen molar-refractivity contribution < 1.29 is 0 Å². The molecule has 0 saturated carbocycles. The monoisotopic (exact) mass is 258 g/mol. The van der Waals surface area contributed by atoms with E-state index in [1.54, 1.807) is 0 Å². The Bertz CT molecular complexity index is 329. The molecule has 0 radical (unpaired) electrons. The van der Waals surface area contributed by atoms with E-state index in [0.717, 1.165) is 11.4 Å². The van der Waals surface area contributed by atoms with Gasteiger partial charge in [-0.05, 0) is 12.1 Å². The molecular weight excluding hydrogens is 252 g/mol. The molecule has 2 nitrogen and oxygen atoms in total. The van der Waals surface area contributed by atoms with Gasteiger partial charge < -0.3 is 60.3 Å². The molecule has 0 aliphatic heterocycles. The molecule has 0 fully saturated rings. The fourth-order valence-electron chi connectivity index (χ4n) is 0.921. The van der Waals surface area contributed by atoms with Crippen LogP contribution in [0.4, 0.5) is 11.4 Å². The Morgan fingerprint density at radius 1 is 0.929 bits per heavy atom. The maximum atomic E-state index is 4.77. The lowest BCUT2D eigenvalue weighted by Gasteiger charge is -2.17. The Morgan fingerprint density at radius 3 is 1.57 bits per heavy atom. The Balaban J connectivity index is 2.90. The number of benzene rings is 1. The topological polar surface area (TPSA) is 24.1 Å². The normalized spacial score (nSPS) is 9.14. The first-order valence-electron chi connectivity index (χ1n) is 3.64. The average molecular weight is 258 g/mol. The highest BCUT2D eigenvalue weighted by Crippen LogP contribution is 2.20. The first-order chi connectivity index (χ1) is 6.59. The number of para-hydroxylation sites is 2. The minimum atomic E-state index is 0.287. The quantitative estimate of drug-likeness (QED) is 0.623. The summed E-state index contributed by atoms with van der Waals surface area (Å²) in [4.78, 5) is 0. The van der Waals surface area contributed by atoms with Crippen molar-refractivity contribution in [2.24, 2.45) is 0 Å². The van der Waals surface area contributed by atoms with Gasteiger partial charge >= 0.3 is 0 Å². The number of nitrogens with one attached hydrogen (secondary N) is 2. The van der Waals surface area contributed by atoms with Crippen LogP contribution in [-0.2, 0) is 25.3 Å². The van der Waals surface area contributed by atoms with Crippen molar-refractivity contribution in [1.82, 2.24) is 0 Å². The lowest BCUT2D eigenvalue weighted by atomic mass is 10.2. The van der Waals surface area contributed by atoms with Crippen molar-refractivity contribution in [1.29, 1.82) is 0 Å². The standard InChI is InChI=1S/C8H8N2S4/c11-7(12)9-5-3-1-2-4-6(5)10-8(13)14/h1-4H,(H2,9,11,12)(H2,10,13,14)/p-2. The molecule has 0 saturated heterocycles. The van der Waals surface area contributed by atoms with Gasteiger partial charge in [0.2, 0.25) is 0 Å². The molecule has 14 heavy (non-hydrogen) atoms. The summed E-state index contributed by atoms with van der Waals surface area (Å²) in [5, 5.41) is 5.71. The van der Waals surface area contributed by atoms with Gasteiger partial charge in [0.1, 0.15) is 0 Å². The Hall–Kier alpha value is -0.560. The fraction of sp³-hybridized carbons (Fsp3) is 0.